The zero-order valence-electron chi connectivity index (χ0n) is 11.5. The molecule has 3 heteroatoms. The van der Waals surface area contributed by atoms with Gasteiger partial charge in [0.1, 0.15) is 0 Å². The van der Waals surface area contributed by atoms with E-state index in [1.807, 2.05) is 0 Å². The van der Waals surface area contributed by atoms with Crippen LogP contribution in [-0.2, 0) is 0 Å². The van der Waals surface area contributed by atoms with Crippen molar-refractivity contribution in [1.29, 1.82) is 0 Å². The minimum absolute atomic E-state index is 0.229. The molecular weight excluding hydrogens is 216 g/mol. The molecule has 16 heavy (non-hydrogen) atoms. The van der Waals surface area contributed by atoms with Crippen molar-refractivity contribution in [3.63, 3.8) is 0 Å². The van der Waals surface area contributed by atoms with E-state index in [1.165, 1.54) is 17.9 Å². The van der Waals surface area contributed by atoms with Gasteiger partial charge in [0.2, 0.25) is 0 Å². The van der Waals surface area contributed by atoms with E-state index in [1.54, 1.807) is 0 Å². The Labute approximate surface area is 105 Å². The predicted octanol–water partition coefficient (Wildman–Crippen LogP) is 2.43. The maximum Gasteiger partial charge on any atom is 0.0234 e. The summed E-state index contributed by atoms with van der Waals surface area (Å²) in [6, 6.07) is 0.692. The van der Waals surface area contributed by atoms with Gasteiger partial charge >= 0.3 is 0 Å². The molecule has 2 N–H and O–H groups in total. The molecule has 0 radical (unpaired) electrons. The van der Waals surface area contributed by atoms with Gasteiger partial charge in [-0.05, 0) is 36.6 Å². The van der Waals surface area contributed by atoms with Crippen LogP contribution in [0.15, 0.2) is 0 Å². The van der Waals surface area contributed by atoms with E-state index in [0.717, 1.165) is 13.1 Å². The van der Waals surface area contributed by atoms with Gasteiger partial charge in [0.15, 0.2) is 0 Å². The van der Waals surface area contributed by atoms with Gasteiger partial charge in [0, 0.05) is 18.3 Å². The van der Waals surface area contributed by atoms with Crippen LogP contribution >= 0.6 is 11.8 Å². The van der Waals surface area contributed by atoms with Gasteiger partial charge in [-0.3, -0.25) is 0 Å². The van der Waals surface area contributed by atoms with Crippen LogP contribution in [0.2, 0.25) is 0 Å². The first-order valence-electron chi connectivity index (χ1n) is 6.26. The molecule has 0 amide bonds. The molecule has 96 valence electrons. The molecule has 0 aliphatic carbocycles. The Kier molecular flexibility index (Phi) is 4.73. The van der Waals surface area contributed by atoms with E-state index >= 15 is 0 Å². The summed E-state index contributed by atoms with van der Waals surface area (Å²) in [4.78, 5) is 2.53. The van der Waals surface area contributed by atoms with E-state index in [0.29, 0.717) is 11.5 Å². The zero-order chi connectivity index (χ0) is 12.4. The van der Waals surface area contributed by atoms with Crippen molar-refractivity contribution in [2.24, 2.45) is 16.6 Å². The lowest BCUT2D eigenvalue weighted by molar-refractivity contribution is 0.0879. The molecule has 1 unspecified atom stereocenters. The Balaban J connectivity index is 2.61. The monoisotopic (exact) mass is 244 g/mol. The summed E-state index contributed by atoms with van der Waals surface area (Å²) in [6.45, 7) is 11.2. The highest BCUT2D eigenvalue weighted by Gasteiger charge is 2.36. The van der Waals surface area contributed by atoms with Crippen molar-refractivity contribution in [3.05, 3.63) is 0 Å². The molecule has 0 aromatic rings. The Bertz CT molecular complexity index is 226. The summed E-state index contributed by atoms with van der Waals surface area (Å²) in [5.41, 5.74) is 6.50. The fourth-order valence-electron chi connectivity index (χ4n) is 2.50. The lowest BCUT2D eigenvalue weighted by Gasteiger charge is -2.45. The van der Waals surface area contributed by atoms with Crippen LogP contribution in [-0.4, -0.2) is 42.6 Å². The third kappa shape index (κ3) is 3.64. The van der Waals surface area contributed by atoms with Gasteiger partial charge in [0.25, 0.3) is 0 Å². The van der Waals surface area contributed by atoms with Crippen molar-refractivity contribution < 1.29 is 0 Å². The van der Waals surface area contributed by atoms with E-state index in [2.05, 4.69) is 51.4 Å². The summed E-state index contributed by atoms with van der Waals surface area (Å²) in [6.07, 6.45) is 1.33. The van der Waals surface area contributed by atoms with E-state index in [9.17, 15) is 0 Å². The summed E-state index contributed by atoms with van der Waals surface area (Å²) in [5.74, 6) is 2.59. The molecule has 0 aromatic heterocycles. The SMILES string of the molecule is CN(CC(C)(C)CN)C1CSCCC1(C)C. The van der Waals surface area contributed by atoms with Gasteiger partial charge in [-0.2, -0.15) is 11.8 Å². The van der Waals surface area contributed by atoms with Crippen molar-refractivity contribution in [3.8, 4) is 0 Å². The van der Waals surface area contributed by atoms with Gasteiger partial charge in [-0.25, -0.2) is 0 Å². The van der Waals surface area contributed by atoms with E-state index < -0.39 is 0 Å². The summed E-state index contributed by atoms with van der Waals surface area (Å²) in [7, 11) is 2.26. The first-order valence-corrected chi connectivity index (χ1v) is 7.42. The third-order valence-corrected chi connectivity index (χ3v) is 4.87. The molecule has 2 nitrogen and oxygen atoms in total. The van der Waals surface area contributed by atoms with Crippen LogP contribution < -0.4 is 5.73 Å². The van der Waals surface area contributed by atoms with Gasteiger partial charge in [0.05, 0.1) is 0 Å². The minimum atomic E-state index is 0.229. The van der Waals surface area contributed by atoms with Crippen LogP contribution in [0.25, 0.3) is 0 Å². The quantitative estimate of drug-likeness (QED) is 0.823. The van der Waals surface area contributed by atoms with Crippen LogP contribution in [0.4, 0.5) is 0 Å². The van der Waals surface area contributed by atoms with Crippen LogP contribution in [0.1, 0.15) is 34.1 Å². The molecule has 1 heterocycles. The van der Waals surface area contributed by atoms with Crippen LogP contribution in [0.5, 0.6) is 0 Å². The highest BCUT2D eigenvalue weighted by molar-refractivity contribution is 7.99. The number of nitrogens with zero attached hydrogens (tertiary/aromatic N) is 1. The lowest BCUT2D eigenvalue weighted by atomic mass is 9.80. The average molecular weight is 244 g/mol. The van der Waals surface area contributed by atoms with E-state index in [-0.39, 0.29) is 5.41 Å². The molecule has 1 fully saturated rings. The maximum atomic E-state index is 5.82. The molecule has 1 rings (SSSR count). The normalized spacial score (nSPS) is 26.1. The molecule has 0 saturated carbocycles. The van der Waals surface area contributed by atoms with Crippen molar-refractivity contribution in [2.75, 3.05) is 31.6 Å². The summed E-state index contributed by atoms with van der Waals surface area (Å²) >= 11 is 2.09. The predicted molar refractivity (Wildman–Crippen MR) is 75.0 cm³/mol. The molecule has 1 atom stereocenters. The maximum absolute atomic E-state index is 5.82. The van der Waals surface area contributed by atoms with Gasteiger partial charge < -0.3 is 10.6 Å². The summed E-state index contributed by atoms with van der Waals surface area (Å²) < 4.78 is 0. The summed E-state index contributed by atoms with van der Waals surface area (Å²) in [5, 5.41) is 0. The highest BCUT2D eigenvalue weighted by atomic mass is 32.2. The second kappa shape index (κ2) is 5.28. The molecular formula is C13H28N2S. The van der Waals surface area contributed by atoms with Crippen LogP contribution in [0, 0.1) is 10.8 Å². The number of hydrogen-bond donors (Lipinski definition) is 1. The first kappa shape index (κ1) is 14.3. The Morgan fingerprint density at radius 3 is 2.56 bits per heavy atom. The molecule has 1 saturated heterocycles. The Hall–Kier alpha value is 0.270. The zero-order valence-corrected chi connectivity index (χ0v) is 12.4. The number of rotatable bonds is 4. The van der Waals surface area contributed by atoms with Crippen molar-refractivity contribution in [1.82, 2.24) is 4.90 Å². The van der Waals surface area contributed by atoms with Crippen LogP contribution in [0.3, 0.4) is 0 Å². The second-order valence-electron chi connectivity index (χ2n) is 6.61. The van der Waals surface area contributed by atoms with E-state index in [4.69, 9.17) is 5.73 Å². The highest BCUT2D eigenvalue weighted by Crippen LogP contribution is 2.37. The number of hydrogen-bond acceptors (Lipinski definition) is 3. The molecule has 0 aromatic carbocycles. The average Bonchev–Trinajstić information content (AvgIpc) is 2.16. The third-order valence-electron chi connectivity index (χ3n) is 3.83. The topological polar surface area (TPSA) is 29.3 Å². The molecule has 0 spiro atoms. The smallest absolute Gasteiger partial charge is 0.0234 e. The van der Waals surface area contributed by atoms with Crippen molar-refractivity contribution >= 4 is 11.8 Å². The second-order valence-corrected chi connectivity index (χ2v) is 7.76. The molecule has 0 bridgehead atoms. The fraction of sp³-hybridized carbons (Fsp3) is 1.00. The standard InChI is InChI=1S/C13H28N2S/c1-12(2,9-14)10-15(5)11-8-16-7-6-13(11,3)4/h11H,6-10,14H2,1-5H3. The Morgan fingerprint density at radius 2 is 2.06 bits per heavy atom. The van der Waals surface area contributed by atoms with Crippen molar-refractivity contribution in [2.45, 2.75) is 40.2 Å². The molecule has 1 aliphatic heterocycles. The first-order chi connectivity index (χ1) is 7.28. The van der Waals surface area contributed by atoms with Gasteiger partial charge in [-0.1, -0.05) is 27.7 Å². The molecule has 1 aliphatic rings. The largest absolute Gasteiger partial charge is 0.330 e. The Morgan fingerprint density at radius 1 is 1.44 bits per heavy atom. The number of thioether (sulfide) groups is 1. The van der Waals surface area contributed by atoms with Gasteiger partial charge in [-0.15, -0.1) is 0 Å². The minimum Gasteiger partial charge on any atom is -0.330 e. The lowest BCUT2D eigenvalue weighted by Crippen LogP contribution is -2.51. The fourth-order valence-corrected chi connectivity index (χ4v) is 4.26. The number of nitrogens with two attached hydrogens (primary N) is 1.